The highest BCUT2D eigenvalue weighted by Crippen LogP contribution is 2.24. The average Bonchev–Trinajstić information content (AvgIpc) is 3.25. The van der Waals surface area contributed by atoms with Crippen molar-refractivity contribution in [3.8, 4) is 5.69 Å². The molecule has 0 bridgehead atoms. The van der Waals surface area contributed by atoms with Crippen LogP contribution in [0.4, 0.5) is 0 Å². The van der Waals surface area contributed by atoms with Gasteiger partial charge >= 0.3 is 0 Å². The van der Waals surface area contributed by atoms with Crippen molar-refractivity contribution >= 4 is 11.0 Å². The van der Waals surface area contributed by atoms with Crippen LogP contribution in [0.1, 0.15) is 17.7 Å². The minimum absolute atomic E-state index is 0.504. The van der Waals surface area contributed by atoms with Gasteiger partial charge in [-0.3, -0.25) is 15.0 Å². The molecule has 0 aromatic carbocycles. The predicted octanol–water partition coefficient (Wildman–Crippen LogP) is 2.61. The van der Waals surface area contributed by atoms with Crippen LogP contribution in [-0.2, 0) is 13.1 Å². The Morgan fingerprint density at radius 2 is 1.96 bits per heavy atom. The van der Waals surface area contributed by atoms with Gasteiger partial charge in [0.1, 0.15) is 5.49 Å². The van der Waals surface area contributed by atoms with Crippen LogP contribution < -0.4 is 5.49 Å². The quantitative estimate of drug-likeness (QED) is 0.603. The van der Waals surface area contributed by atoms with Crippen LogP contribution in [0.5, 0.6) is 0 Å². The summed E-state index contributed by atoms with van der Waals surface area (Å²) in [6.45, 7) is 5.74. The molecule has 0 fully saturated rings. The van der Waals surface area contributed by atoms with Crippen molar-refractivity contribution in [1.29, 1.82) is 5.41 Å². The lowest BCUT2D eigenvalue weighted by Gasteiger charge is -2.09. The van der Waals surface area contributed by atoms with E-state index in [2.05, 4.69) is 33.4 Å². The number of nitrogens with one attached hydrogen (secondary N) is 1. The first-order valence-corrected chi connectivity index (χ1v) is 8.64. The number of aromatic nitrogens is 6. The summed E-state index contributed by atoms with van der Waals surface area (Å²) in [5, 5.41) is 9.58. The maximum Gasteiger partial charge on any atom is 0.150 e. The molecule has 4 aromatic heterocycles. The second-order valence-electron chi connectivity index (χ2n) is 6.40. The van der Waals surface area contributed by atoms with Crippen molar-refractivity contribution in [2.75, 3.05) is 0 Å². The van der Waals surface area contributed by atoms with Gasteiger partial charge in [0.15, 0.2) is 5.65 Å². The Hall–Kier alpha value is -3.22. The van der Waals surface area contributed by atoms with E-state index in [1.807, 2.05) is 40.0 Å². The summed E-state index contributed by atoms with van der Waals surface area (Å²) >= 11 is 0. The molecule has 0 saturated heterocycles. The molecule has 0 amide bonds. The van der Waals surface area contributed by atoms with Gasteiger partial charge in [-0.2, -0.15) is 0 Å². The number of rotatable bonds is 5. The van der Waals surface area contributed by atoms with E-state index >= 15 is 0 Å². The summed E-state index contributed by atoms with van der Waals surface area (Å²) in [4.78, 5) is 12.9. The van der Waals surface area contributed by atoms with Crippen LogP contribution >= 0.6 is 0 Å². The van der Waals surface area contributed by atoms with Crippen LogP contribution in [0.3, 0.4) is 0 Å². The van der Waals surface area contributed by atoms with E-state index in [1.54, 1.807) is 18.7 Å². The fourth-order valence-electron chi connectivity index (χ4n) is 3.33. The Kier molecular flexibility index (Phi) is 4.12. The zero-order valence-electron chi connectivity index (χ0n) is 14.9. The minimum atomic E-state index is 0.504. The number of imidazole rings is 1. The molecule has 0 atom stereocenters. The second kappa shape index (κ2) is 6.59. The Balaban J connectivity index is 1.72. The maximum absolute atomic E-state index is 8.68. The van der Waals surface area contributed by atoms with Crippen LogP contribution in [0, 0.1) is 19.3 Å². The zero-order valence-corrected chi connectivity index (χ0v) is 14.9. The number of nitrogens with zero attached hydrogens (tertiary/aromatic N) is 6. The van der Waals surface area contributed by atoms with Crippen LogP contribution in [0.15, 0.2) is 49.6 Å². The third-order valence-electron chi connectivity index (χ3n) is 4.81. The number of aryl methyl sites for hydroxylation is 3. The van der Waals surface area contributed by atoms with Crippen molar-refractivity contribution in [3.63, 3.8) is 0 Å². The van der Waals surface area contributed by atoms with E-state index < -0.39 is 0 Å². The molecular formula is C19H21N7. The van der Waals surface area contributed by atoms with Crippen LogP contribution in [-0.4, -0.2) is 28.7 Å². The fraction of sp³-hybridized carbons (Fsp3) is 0.263. The van der Waals surface area contributed by atoms with E-state index in [4.69, 9.17) is 5.41 Å². The lowest BCUT2D eigenvalue weighted by atomic mass is 10.2. The van der Waals surface area contributed by atoms with Crippen LogP contribution in [0.25, 0.3) is 16.7 Å². The molecule has 26 heavy (non-hydrogen) atoms. The number of hydrogen-bond donors (Lipinski definition) is 1. The summed E-state index contributed by atoms with van der Waals surface area (Å²) in [7, 11) is 0. The Bertz CT molecular complexity index is 1090. The van der Waals surface area contributed by atoms with Gasteiger partial charge in [-0.25, -0.2) is 9.97 Å². The second-order valence-corrected chi connectivity index (χ2v) is 6.40. The van der Waals surface area contributed by atoms with Gasteiger partial charge in [-0.1, -0.05) is 0 Å². The number of pyridine rings is 1. The van der Waals surface area contributed by atoms with Crippen molar-refractivity contribution in [3.05, 3.63) is 66.3 Å². The molecule has 0 unspecified atom stereocenters. The van der Waals surface area contributed by atoms with Gasteiger partial charge in [0, 0.05) is 37.4 Å². The smallest absolute Gasteiger partial charge is 0.150 e. The predicted molar refractivity (Wildman–Crippen MR) is 99.0 cm³/mol. The van der Waals surface area contributed by atoms with E-state index in [-0.39, 0.29) is 0 Å². The lowest BCUT2D eigenvalue weighted by Crippen LogP contribution is -2.22. The normalized spacial score (nSPS) is 11.3. The molecule has 7 nitrogen and oxygen atoms in total. The zero-order chi connectivity index (χ0) is 18.1. The third kappa shape index (κ3) is 2.71. The Morgan fingerprint density at radius 1 is 1.08 bits per heavy atom. The van der Waals surface area contributed by atoms with Gasteiger partial charge in [0.05, 0.1) is 29.9 Å². The van der Waals surface area contributed by atoms with Gasteiger partial charge in [-0.15, -0.1) is 0 Å². The SMILES string of the molecule is Cc1c(C)n(-c2cccnc2)c2ncn(CCCn3ccnc3)c(=N)c12. The highest BCUT2D eigenvalue weighted by atomic mass is 15.1. The topological polar surface area (TPSA) is 77.3 Å². The molecule has 0 aliphatic carbocycles. The Morgan fingerprint density at radius 3 is 2.69 bits per heavy atom. The molecule has 0 aliphatic heterocycles. The molecule has 7 heteroatoms. The first-order chi connectivity index (χ1) is 12.7. The summed E-state index contributed by atoms with van der Waals surface area (Å²) in [6.07, 6.45) is 11.8. The molecule has 0 aliphatic rings. The molecule has 0 spiro atoms. The number of fused-ring (bicyclic) bond motifs is 1. The molecule has 0 radical (unpaired) electrons. The van der Waals surface area contributed by atoms with Gasteiger partial charge in [-0.05, 0) is 38.0 Å². The summed E-state index contributed by atoms with van der Waals surface area (Å²) in [6, 6.07) is 3.92. The van der Waals surface area contributed by atoms with Crippen molar-refractivity contribution in [1.82, 2.24) is 28.7 Å². The van der Waals surface area contributed by atoms with Gasteiger partial charge < -0.3 is 9.13 Å². The van der Waals surface area contributed by atoms with Crippen molar-refractivity contribution in [2.24, 2.45) is 0 Å². The van der Waals surface area contributed by atoms with Gasteiger partial charge in [0.2, 0.25) is 0 Å². The first-order valence-electron chi connectivity index (χ1n) is 8.64. The van der Waals surface area contributed by atoms with E-state index in [0.717, 1.165) is 47.5 Å². The highest BCUT2D eigenvalue weighted by Gasteiger charge is 2.16. The van der Waals surface area contributed by atoms with Crippen LogP contribution in [0.2, 0.25) is 0 Å². The van der Waals surface area contributed by atoms with E-state index in [0.29, 0.717) is 5.49 Å². The van der Waals surface area contributed by atoms with Crippen molar-refractivity contribution in [2.45, 2.75) is 33.4 Å². The highest BCUT2D eigenvalue weighted by molar-refractivity contribution is 5.82. The monoisotopic (exact) mass is 347 g/mol. The molecule has 132 valence electrons. The first kappa shape index (κ1) is 16.3. The molecule has 0 saturated carbocycles. The fourth-order valence-corrected chi connectivity index (χ4v) is 3.33. The summed E-state index contributed by atoms with van der Waals surface area (Å²) in [5.74, 6) is 0. The summed E-state index contributed by atoms with van der Waals surface area (Å²) in [5.41, 5.74) is 4.45. The minimum Gasteiger partial charge on any atom is -0.337 e. The molecular weight excluding hydrogens is 326 g/mol. The lowest BCUT2D eigenvalue weighted by molar-refractivity contribution is 0.543. The standard InChI is InChI=1S/C19H21N7/c1-14-15(2)26(16-5-3-6-21-11-16)19-17(14)18(20)25(13-23-19)9-4-8-24-10-7-22-12-24/h3,5-7,10-13,20H,4,8-9H2,1-2H3. The molecule has 1 N–H and O–H groups in total. The molecule has 4 heterocycles. The Labute approximate surface area is 151 Å². The van der Waals surface area contributed by atoms with E-state index in [9.17, 15) is 0 Å². The molecule has 4 rings (SSSR count). The maximum atomic E-state index is 8.68. The third-order valence-corrected chi connectivity index (χ3v) is 4.81. The molecule has 4 aromatic rings. The average molecular weight is 347 g/mol. The largest absolute Gasteiger partial charge is 0.337 e. The van der Waals surface area contributed by atoms with E-state index in [1.165, 1.54) is 0 Å². The number of hydrogen-bond acceptors (Lipinski definition) is 4. The van der Waals surface area contributed by atoms with Gasteiger partial charge in [0.25, 0.3) is 0 Å². The van der Waals surface area contributed by atoms with Crippen molar-refractivity contribution < 1.29 is 0 Å². The summed E-state index contributed by atoms with van der Waals surface area (Å²) < 4.78 is 6.04.